The maximum atomic E-state index is 10.1. The van der Waals surface area contributed by atoms with Crippen molar-refractivity contribution in [3.63, 3.8) is 0 Å². The van der Waals surface area contributed by atoms with Gasteiger partial charge in [-0.05, 0) is 29.7 Å². The summed E-state index contributed by atoms with van der Waals surface area (Å²) < 4.78 is 10.2. The molecule has 22 heavy (non-hydrogen) atoms. The van der Waals surface area contributed by atoms with E-state index in [1.807, 2.05) is 44.2 Å². The summed E-state index contributed by atoms with van der Waals surface area (Å²) >= 11 is 0. The summed E-state index contributed by atoms with van der Waals surface area (Å²) in [5.74, 6) is 1.44. The van der Waals surface area contributed by atoms with Gasteiger partial charge in [0.2, 0.25) is 5.82 Å². The van der Waals surface area contributed by atoms with E-state index in [0.29, 0.717) is 5.89 Å². The van der Waals surface area contributed by atoms with E-state index in [-0.39, 0.29) is 11.7 Å². The molecule has 0 radical (unpaired) electrons. The Morgan fingerprint density at radius 2 is 1.91 bits per heavy atom. The van der Waals surface area contributed by atoms with Crippen molar-refractivity contribution in [1.29, 1.82) is 0 Å². The van der Waals surface area contributed by atoms with Gasteiger partial charge in [-0.1, -0.05) is 31.1 Å². The van der Waals surface area contributed by atoms with Crippen LogP contribution in [0.4, 0.5) is 0 Å². The fraction of sp³-hybridized carbons (Fsp3) is 0.375. The molecule has 118 valence electrons. The van der Waals surface area contributed by atoms with E-state index in [9.17, 15) is 5.11 Å². The second-order valence-electron chi connectivity index (χ2n) is 5.36. The zero-order chi connectivity index (χ0) is 16.1. The molecule has 6 nitrogen and oxygen atoms in total. The number of benzene rings is 1. The topological polar surface area (TPSA) is 94.4 Å². The summed E-state index contributed by atoms with van der Waals surface area (Å²) in [5, 5.41) is 13.8. The first-order valence-electron chi connectivity index (χ1n) is 7.10. The maximum Gasteiger partial charge on any atom is 0.250 e. The van der Waals surface area contributed by atoms with E-state index in [4.69, 9.17) is 15.0 Å². The fourth-order valence-corrected chi connectivity index (χ4v) is 1.85. The van der Waals surface area contributed by atoms with Gasteiger partial charge < -0.3 is 20.1 Å². The minimum absolute atomic E-state index is 0.117. The van der Waals surface area contributed by atoms with E-state index < -0.39 is 12.1 Å². The zero-order valence-corrected chi connectivity index (χ0v) is 12.9. The molecule has 0 amide bonds. The van der Waals surface area contributed by atoms with Gasteiger partial charge in [0.25, 0.3) is 5.89 Å². The second-order valence-corrected chi connectivity index (χ2v) is 5.36. The fourth-order valence-electron chi connectivity index (χ4n) is 1.85. The number of nitrogens with two attached hydrogens (primary N) is 1. The maximum absolute atomic E-state index is 10.1. The lowest BCUT2D eigenvalue weighted by Crippen LogP contribution is -2.34. The van der Waals surface area contributed by atoms with Crippen LogP contribution in [0.5, 0.6) is 5.75 Å². The monoisotopic (exact) mass is 303 g/mol. The van der Waals surface area contributed by atoms with Crippen molar-refractivity contribution in [2.75, 3.05) is 7.11 Å². The van der Waals surface area contributed by atoms with Crippen molar-refractivity contribution in [3.8, 4) is 5.75 Å². The van der Waals surface area contributed by atoms with Crippen LogP contribution in [-0.2, 0) is 0 Å². The molecule has 0 saturated carbocycles. The molecule has 0 aliphatic rings. The van der Waals surface area contributed by atoms with Gasteiger partial charge in [0.1, 0.15) is 11.9 Å². The Kier molecular flexibility index (Phi) is 5.30. The van der Waals surface area contributed by atoms with Crippen LogP contribution in [0.15, 0.2) is 28.8 Å². The van der Waals surface area contributed by atoms with Crippen LogP contribution in [0, 0.1) is 5.92 Å². The Bertz CT molecular complexity index is 620. The van der Waals surface area contributed by atoms with Crippen LogP contribution in [0.25, 0.3) is 12.2 Å². The second kappa shape index (κ2) is 7.20. The third-order valence-electron chi connectivity index (χ3n) is 3.39. The summed E-state index contributed by atoms with van der Waals surface area (Å²) in [7, 11) is 1.62. The van der Waals surface area contributed by atoms with E-state index in [1.165, 1.54) is 0 Å². The highest BCUT2D eigenvalue weighted by molar-refractivity contribution is 5.66. The van der Waals surface area contributed by atoms with Crippen LogP contribution in [-0.4, -0.2) is 28.4 Å². The van der Waals surface area contributed by atoms with Gasteiger partial charge in [-0.2, -0.15) is 4.98 Å². The number of aromatic nitrogens is 2. The van der Waals surface area contributed by atoms with Crippen LogP contribution < -0.4 is 10.5 Å². The Morgan fingerprint density at radius 1 is 1.23 bits per heavy atom. The number of hydrogen-bond donors (Lipinski definition) is 2. The highest BCUT2D eigenvalue weighted by Crippen LogP contribution is 2.18. The molecular weight excluding hydrogens is 282 g/mol. The van der Waals surface area contributed by atoms with Crippen molar-refractivity contribution < 1.29 is 14.4 Å². The molecule has 0 fully saturated rings. The predicted octanol–water partition coefficient (Wildman–Crippen LogP) is 2.27. The third kappa shape index (κ3) is 3.93. The summed E-state index contributed by atoms with van der Waals surface area (Å²) in [6.45, 7) is 3.86. The van der Waals surface area contributed by atoms with Gasteiger partial charge in [0, 0.05) is 12.1 Å². The van der Waals surface area contributed by atoms with Crippen molar-refractivity contribution in [1.82, 2.24) is 10.1 Å². The zero-order valence-electron chi connectivity index (χ0n) is 12.9. The van der Waals surface area contributed by atoms with Crippen LogP contribution in [0.3, 0.4) is 0 Å². The minimum atomic E-state index is -0.938. The number of aliphatic hydroxyl groups excluding tert-OH is 1. The van der Waals surface area contributed by atoms with Gasteiger partial charge in [-0.25, -0.2) is 0 Å². The molecule has 1 heterocycles. The van der Waals surface area contributed by atoms with E-state index in [1.54, 1.807) is 13.2 Å². The smallest absolute Gasteiger partial charge is 0.250 e. The molecule has 1 aromatic carbocycles. The highest BCUT2D eigenvalue weighted by Gasteiger charge is 2.24. The van der Waals surface area contributed by atoms with Gasteiger partial charge in [0.05, 0.1) is 7.11 Å². The quantitative estimate of drug-likeness (QED) is 0.850. The lowest BCUT2D eigenvalue weighted by molar-refractivity contribution is 0.114. The average molecular weight is 303 g/mol. The molecule has 1 unspecified atom stereocenters. The standard InChI is InChI=1S/C16H21N3O3/c1-10(2)14(17)15(20)16-18-13(22-19-16)9-6-11-4-7-12(21-3)8-5-11/h4-10,14-15,20H,17H2,1-3H3/b9-6+/t14-,15?/m0/s1. The minimum Gasteiger partial charge on any atom is -0.497 e. The molecule has 3 N–H and O–H groups in total. The Labute approximate surface area is 129 Å². The summed E-state index contributed by atoms with van der Waals surface area (Å²) in [6, 6.07) is 7.12. The van der Waals surface area contributed by atoms with E-state index in [0.717, 1.165) is 11.3 Å². The molecule has 2 rings (SSSR count). The SMILES string of the molecule is COc1ccc(/C=C/c2nc(C(O)[C@@H](N)C(C)C)no2)cc1. The molecular formula is C16H21N3O3. The first-order valence-corrected chi connectivity index (χ1v) is 7.10. The third-order valence-corrected chi connectivity index (χ3v) is 3.39. The molecule has 0 saturated heterocycles. The molecule has 0 aliphatic carbocycles. The lowest BCUT2D eigenvalue weighted by Gasteiger charge is -2.18. The Morgan fingerprint density at radius 3 is 2.50 bits per heavy atom. The largest absolute Gasteiger partial charge is 0.497 e. The van der Waals surface area contributed by atoms with Gasteiger partial charge in [-0.3, -0.25) is 0 Å². The summed E-state index contributed by atoms with van der Waals surface area (Å²) in [5.41, 5.74) is 6.86. The Hall–Kier alpha value is -2.18. The van der Waals surface area contributed by atoms with Gasteiger partial charge in [0.15, 0.2) is 0 Å². The Balaban J connectivity index is 2.06. The van der Waals surface area contributed by atoms with Gasteiger partial charge >= 0.3 is 0 Å². The number of nitrogens with zero attached hydrogens (tertiary/aromatic N) is 2. The molecule has 2 aromatic rings. The van der Waals surface area contributed by atoms with Crippen LogP contribution in [0.2, 0.25) is 0 Å². The number of ether oxygens (including phenoxy) is 1. The molecule has 0 bridgehead atoms. The number of hydrogen-bond acceptors (Lipinski definition) is 6. The number of methoxy groups -OCH3 is 1. The lowest BCUT2D eigenvalue weighted by atomic mass is 9.99. The summed E-state index contributed by atoms with van der Waals surface area (Å²) in [4.78, 5) is 4.14. The normalized spacial score (nSPS) is 14.5. The van der Waals surface area contributed by atoms with Crippen molar-refractivity contribution >= 4 is 12.2 Å². The van der Waals surface area contributed by atoms with Crippen LogP contribution in [0.1, 0.15) is 37.2 Å². The molecule has 0 spiro atoms. The first-order chi connectivity index (χ1) is 10.5. The van der Waals surface area contributed by atoms with Crippen molar-refractivity contribution in [2.24, 2.45) is 11.7 Å². The molecule has 2 atom stereocenters. The molecule has 0 aliphatic heterocycles. The van der Waals surface area contributed by atoms with E-state index in [2.05, 4.69) is 10.1 Å². The van der Waals surface area contributed by atoms with E-state index >= 15 is 0 Å². The van der Waals surface area contributed by atoms with Crippen LogP contribution >= 0.6 is 0 Å². The molecule has 1 aromatic heterocycles. The van der Waals surface area contributed by atoms with Gasteiger partial charge in [-0.15, -0.1) is 0 Å². The average Bonchev–Trinajstić information content (AvgIpc) is 3.00. The van der Waals surface area contributed by atoms with Crippen molar-refractivity contribution in [2.45, 2.75) is 26.0 Å². The number of rotatable bonds is 6. The molecule has 6 heteroatoms. The number of aliphatic hydroxyl groups is 1. The highest BCUT2D eigenvalue weighted by atomic mass is 16.5. The van der Waals surface area contributed by atoms with Crippen molar-refractivity contribution in [3.05, 3.63) is 41.5 Å². The predicted molar refractivity (Wildman–Crippen MR) is 84.0 cm³/mol. The summed E-state index contributed by atoms with van der Waals surface area (Å²) in [6.07, 6.45) is 2.59. The first kappa shape index (κ1) is 16.2.